The van der Waals surface area contributed by atoms with Gasteiger partial charge in [0.05, 0.1) is 10.7 Å². The predicted molar refractivity (Wildman–Crippen MR) is 108 cm³/mol. The molecule has 0 aliphatic rings. The molecule has 0 aromatic heterocycles. The number of hydrogen-bond donors (Lipinski definition) is 2. The Morgan fingerprint density at radius 1 is 1.04 bits per heavy atom. The highest BCUT2D eigenvalue weighted by Crippen LogP contribution is 2.34. The van der Waals surface area contributed by atoms with Crippen LogP contribution in [0, 0.1) is 0 Å². The van der Waals surface area contributed by atoms with Gasteiger partial charge in [-0.3, -0.25) is 9.59 Å². The standard InChI is InChI=1S/C19H21Cl2N3O3/c1-24(2)11-5-10-22-18(25)19(26)23-15-6-3-4-7-17(15)27-16-9-8-13(20)12-14(16)21/h3-4,6-9,12H,5,10-11H2,1-2H3,(H,22,25)(H,23,26). The van der Waals surface area contributed by atoms with Crippen molar-refractivity contribution in [2.45, 2.75) is 6.42 Å². The van der Waals surface area contributed by atoms with Crippen molar-refractivity contribution in [3.63, 3.8) is 0 Å². The van der Waals surface area contributed by atoms with E-state index < -0.39 is 11.8 Å². The number of anilines is 1. The van der Waals surface area contributed by atoms with Gasteiger partial charge < -0.3 is 20.3 Å². The van der Waals surface area contributed by atoms with Gasteiger partial charge in [-0.25, -0.2) is 0 Å². The molecule has 0 heterocycles. The lowest BCUT2D eigenvalue weighted by Crippen LogP contribution is -2.36. The molecule has 0 aliphatic heterocycles. The molecule has 0 saturated heterocycles. The summed E-state index contributed by atoms with van der Waals surface area (Å²) >= 11 is 12.0. The predicted octanol–water partition coefficient (Wildman–Crippen LogP) is 3.79. The van der Waals surface area contributed by atoms with Gasteiger partial charge in [0.2, 0.25) is 0 Å². The highest BCUT2D eigenvalue weighted by molar-refractivity contribution is 6.39. The molecule has 6 nitrogen and oxygen atoms in total. The molecule has 8 heteroatoms. The van der Waals surface area contributed by atoms with E-state index in [1.54, 1.807) is 42.5 Å². The van der Waals surface area contributed by atoms with E-state index in [-0.39, 0.29) is 0 Å². The molecule has 2 rings (SSSR count). The van der Waals surface area contributed by atoms with Crippen LogP contribution in [0.5, 0.6) is 11.5 Å². The smallest absolute Gasteiger partial charge is 0.313 e. The minimum absolute atomic E-state index is 0.335. The summed E-state index contributed by atoms with van der Waals surface area (Å²) < 4.78 is 5.76. The third kappa shape index (κ3) is 6.75. The largest absolute Gasteiger partial charge is 0.454 e. The average molecular weight is 410 g/mol. The van der Waals surface area contributed by atoms with E-state index in [0.717, 1.165) is 13.0 Å². The van der Waals surface area contributed by atoms with Crippen molar-refractivity contribution >= 4 is 40.7 Å². The van der Waals surface area contributed by atoms with Crippen molar-refractivity contribution in [1.82, 2.24) is 10.2 Å². The van der Waals surface area contributed by atoms with Gasteiger partial charge in [-0.05, 0) is 57.4 Å². The molecule has 0 aliphatic carbocycles. The molecule has 0 atom stereocenters. The average Bonchev–Trinajstić information content (AvgIpc) is 2.62. The molecule has 2 aromatic carbocycles. The summed E-state index contributed by atoms with van der Waals surface area (Å²) in [6, 6.07) is 11.6. The summed E-state index contributed by atoms with van der Waals surface area (Å²) in [5.74, 6) is -0.724. The second-order valence-electron chi connectivity index (χ2n) is 6.04. The number of ether oxygens (including phenoxy) is 1. The third-order valence-corrected chi connectivity index (χ3v) is 4.05. The molecule has 0 radical (unpaired) electrons. The second-order valence-corrected chi connectivity index (χ2v) is 6.88. The van der Waals surface area contributed by atoms with Crippen LogP contribution < -0.4 is 15.4 Å². The summed E-state index contributed by atoms with van der Waals surface area (Å²) in [6.45, 7) is 1.24. The summed E-state index contributed by atoms with van der Waals surface area (Å²) in [5.41, 5.74) is 0.358. The zero-order chi connectivity index (χ0) is 19.8. The van der Waals surface area contributed by atoms with E-state index in [9.17, 15) is 9.59 Å². The van der Waals surface area contributed by atoms with Gasteiger partial charge in [0.1, 0.15) is 5.75 Å². The van der Waals surface area contributed by atoms with Crippen LogP contribution in [0.1, 0.15) is 6.42 Å². The van der Waals surface area contributed by atoms with Crippen molar-refractivity contribution in [3.05, 3.63) is 52.5 Å². The number of carbonyl (C=O) groups is 2. The maximum atomic E-state index is 12.1. The third-order valence-electron chi connectivity index (χ3n) is 3.52. The van der Waals surface area contributed by atoms with Crippen LogP contribution in [0.3, 0.4) is 0 Å². The maximum absolute atomic E-state index is 12.1. The van der Waals surface area contributed by atoms with Crippen molar-refractivity contribution in [2.24, 2.45) is 0 Å². The van der Waals surface area contributed by atoms with Crippen LogP contribution in [0.2, 0.25) is 10.0 Å². The van der Waals surface area contributed by atoms with E-state index in [0.29, 0.717) is 33.8 Å². The first kappa shape index (κ1) is 21.0. The zero-order valence-electron chi connectivity index (χ0n) is 15.1. The van der Waals surface area contributed by atoms with E-state index in [1.807, 2.05) is 19.0 Å². The molecule has 2 amide bonds. The second kappa shape index (κ2) is 10.2. The quantitative estimate of drug-likeness (QED) is 0.538. The van der Waals surface area contributed by atoms with Gasteiger partial charge >= 0.3 is 11.8 Å². The molecular weight excluding hydrogens is 389 g/mol. The van der Waals surface area contributed by atoms with Gasteiger partial charge in [-0.1, -0.05) is 35.3 Å². The first-order valence-corrected chi connectivity index (χ1v) is 9.08. The number of nitrogens with one attached hydrogen (secondary N) is 2. The molecular formula is C19H21Cl2N3O3. The van der Waals surface area contributed by atoms with Crippen LogP contribution in [0.4, 0.5) is 5.69 Å². The van der Waals surface area contributed by atoms with Crippen molar-refractivity contribution in [2.75, 3.05) is 32.5 Å². The van der Waals surface area contributed by atoms with Gasteiger partial charge in [-0.2, -0.15) is 0 Å². The summed E-state index contributed by atoms with van der Waals surface area (Å²) in [5, 5.41) is 5.97. The van der Waals surface area contributed by atoms with E-state index >= 15 is 0 Å². The molecule has 0 saturated carbocycles. The van der Waals surface area contributed by atoms with Crippen LogP contribution in [0.15, 0.2) is 42.5 Å². The fourth-order valence-electron chi connectivity index (χ4n) is 2.19. The van der Waals surface area contributed by atoms with Gasteiger partial charge in [0.15, 0.2) is 5.75 Å². The lowest BCUT2D eigenvalue weighted by Gasteiger charge is -2.13. The van der Waals surface area contributed by atoms with Crippen molar-refractivity contribution in [1.29, 1.82) is 0 Å². The van der Waals surface area contributed by atoms with Gasteiger partial charge in [0, 0.05) is 11.6 Å². The Morgan fingerprint density at radius 2 is 1.78 bits per heavy atom. The van der Waals surface area contributed by atoms with E-state index in [4.69, 9.17) is 27.9 Å². The monoisotopic (exact) mass is 409 g/mol. The number of halogens is 2. The molecule has 0 unspecified atom stereocenters. The fourth-order valence-corrected chi connectivity index (χ4v) is 2.64. The Kier molecular flexibility index (Phi) is 7.91. The first-order chi connectivity index (χ1) is 12.9. The van der Waals surface area contributed by atoms with Crippen molar-refractivity contribution in [3.8, 4) is 11.5 Å². The molecule has 27 heavy (non-hydrogen) atoms. The molecule has 0 fully saturated rings. The highest BCUT2D eigenvalue weighted by Gasteiger charge is 2.16. The number of hydrogen-bond acceptors (Lipinski definition) is 4. The molecule has 0 spiro atoms. The summed E-state index contributed by atoms with van der Waals surface area (Å²) in [7, 11) is 3.89. The van der Waals surface area contributed by atoms with Crippen LogP contribution in [-0.4, -0.2) is 43.9 Å². The lowest BCUT2D eigenvalue weighted by atomic mass is 10.2. The van der Waals surface area contributed by atoms with Crippen LogP contribution in [0.25, 0.3) is 0 Å². The van der Waals surface area contributed by atoms with E-state index in [2.05, 4.69) is 10.6 Å². The summed E-state index contributed by atoms with van der Waals surface area (Å²) in [4.78, 5) is 26.1. The molecule has 2 aromatic rings. The number of rotatable bonds is 7. The minimum atomic E-state index is -0.766. The van der Waals surface area contributed by atoms with Crippen LogP contribution in [-0.2, 0) is 9.59 Å². The van der Waals surface area contributed by atoms with Gasteiger partial charge in [0.25, 0.3) is 0 Å². The fraction of sp³-hybridized carbons (Fsp3) is 0.263. The Hall–Kier alpha value is -2.28. The Bertz CT molecular complexity index is 813. The number of nitrogens with zero attached hydrogens (tertiary/aromatic N) is 1. The van der Waals surface area contributed by atoms with Crippen LogP contribution >= 0.6 is 23.2 Å². The SMILES string of the molecule is CN(C)CCCNC(=O)C(=O)Nc1ccccc1Oc1ccc(Cl)cc1Cl. The molecule has 144 valence electrons. The lowest BCUT2D eigenvalue weighted by molar-refractivity contribution is -0.136. The maximum Gasteiger partial charge on any atom is 0.313 e. The minimum Gasteiger partial charge on any atom is -0.454 e. The Labute approximate surface area is 168 Å². The normalized spacial score (nSPS) is 10.6. The van der Waals surface area contributed by atoms with E-state index in [1.165, 1.54) is 0 Å². The Balaban J connectivity index is 2.00. The molecule has 2 N–H and O–H groups in total. The number of para-hydroxylation sites is 2. The number of benzene rings is 2. The summed E-state index contributed by atoms with van der Waals surface area (Å²) in [6.07, 6.45) is 0.751. The topological polar surface area (TPSA) is 70.7 Å². The highest BCUT2D eigenvalue weighted by atomic mass is 35.5. The number of carbonyl (C=O) groups excluding carboxylic acids is 2. The van der Waals surface area contributed by atoms with Gasteiger partial charge in [-0.15, -0.1) is 0 Å². The van der Waals surface area contributed by atoms with Crippen molar-refractivity contribution < 1.29 is 14.3 Å². The number of amides is 2. The molecule has 0 bridgehead atoms. The Morgan fingerprint density at radius 3 is 2.48 bits per heavy atom. The first-order valence-electron chi connectivity index (χ1n) is 8.32. The zero-order valence-corrected chi connectivity index (χ0v) is 16.6.